The van der Waals surface area contributed by atoms with E-state index >= 15 is 0 Å². The molecule has 0 aliphatic carbocycles. The maximum Gasteiger partial charge on any atom is 0.306 e. The molecule has 0 amide bonds. The predicted octanol–water partition coefficient (Wildman–Crippen LogP) is 1.74. The van der Waals surface area contributed by atoms with E-state index in [1.54, 1.807) is 21.3 Å². The van der Waals surface area contributed by atoms with Crippen LogP contribution >= 0.6 is 0 Å². The minimum Gasteiger partial charge on any atom is -0.493 e. The summed E-state index contributed by atoms with van der Waals surface area (Å²) in [6.45, 7) is 6.94. The highest BCUT2D eigenvalue weighted by molar-refractivity contribution is 5.80. The summed E-state index contributed by atoms with van der Waals surface area (Å²) in [6, 6.07) is 3.90. The number of piperazine rings is 1. The number of hydrogen-bond acceptors (Lipinski definition) is 8. The van der Waals surface area contributed by atoms with Crippen LogP contribution in [-0.4, -0.2) is 82.2 Å². The van der Waals surface area contributed by atoms with E-state index in [-0.39, 0.29) is 24.6 Å². The highest BCUT2D eigenvalue weighted by atomic mass is 16.5. The number of hydrogen-bond donors (Lipinski definition) is 0. The minimum absolute atomic E-state index is 0.00387. The molecule has 1 aliphatic rings. The Kier molecular flexibility index (Phi) is 9.21. The molecule has 0 spiro atoms. The van der Waals surface area contributed by atoms with Gasteiger partial charge in [-0.2, -0.15) is 0 Å². The third-order valence-electron chi connectivity index (χ3n) is 5.00. The molecule has 1 heterocycles. The molecule has 29 heavy (non-hydrogen) atoms. The van der Waals surface area contributed by atoms with Crippen LogP contribution in [0.2, 0.25) is 0 Å². The van der Waals surface area contributed by atoms with Crippen LogP contribution in [0.5, 0.6) is 17.2 Å². The van der Waals surface area contributed by atoms with Crippen molar-refractivity contribution >= 4 is 11.8 Å². The molecule has 0 bridgehead atoms. The Morgan fingerprint density at radius 3 is 2.14 bits per heavy atom. The second kappa shape index (κ2) is 11.6. The number of rotatable bonds is 11. The highest BCUT2D eigenvalue weighted by Crippen LogP contribution is 2.40. The predicted molar refractivity (Wildman–Crippen MR) is 109 cm³/mol. The van der Waals surface area contributed by atoms with Gasteiger partial charge in [-0.25, -0.2) is 0 Å². The Morgan fingerprint density at radius 2 is 1.55 bits per heavy atom. The van der Waals surface area contributed by atoms with Gasteiger partial charge in [-0.15, -0.1) is 0 Å². The summed E-state index contributed by atoms with van der Waals surface area (Å²) >= 11 is 0. The maximum atomic E-state index is 11.6. The smallest absolute Gasteiger partial charge is 0.306 e. The minimum atomic E-state index is -0.306. The Labute approximate surface area is 172 Å². The van der Waals surface area contributed by atoms with Crippen LogP contribution < -0.4 is 14.2 Å². The van der Waals surface area contributed by atoms with Crippen LogP contribution in [0.25, 0.3) is 0 Å². The average molecular weight is 408 g/mol. The Bertz CT molecular complexity index is 686. The number of Topliss-reactive ketones (excluding diaryl/α,β-unsaturated/α-hetero) is 1. The second-order valence-electron chi connectivity index (χ2n) is 7.03. The van der Waals surface area contributed by atoms with Gasteiger partial charge in [0.25, 0.3) is 0 Å². The van der Waals surface area contributed by atoms with Crippen molar-refractivity contribution in [2.75, 3.05) is 60.7 Å². The number of benzene rings is 1. The molecule has 8 nitrogen and oxygen atoms in total. The van der Waals surface area contributed by atoms with E-state index < -0.39 is 0 Å². The van der Waals surface area contributed by atoms with Crippen LogP contribution in [0.15, 0.2) is 12.1 Å². The summed E-state index contributed by atoms with van der Waals surface area (Å²) in [5, 5.41) is 0. The van der Waals surface area contributed by atoms with Crippen molar-refractivity contribution in [2.24, 2.45) is 0 Å². The summed E-state index contributed by atoms with van der Waals surface area (Å²) in [5.74, 6) is 1.66. The molecule has 1 fully saturated rings. The van der Waals surface area contributed by atoms with Gasteiger partial charge in [-0.05, 0) is 13.0 Å². The third kappa shape index (κ3) is 6.90. The van der Waals surface area contributed by atoms with Gasteiger partial charge in [0, 0.05) is 51.3 Å². The van der Waals surface area contributed by atoms with Gasteiger partial charge in [-0.3, -0.25) is 14.6 Å². The van der Waals surface area contributed by atoms with E-state index in [0.717, 1.165) is 38.3 Å². The Morgan fingerprint density at radius 1 is 0.897 bits per heavy atom. The zero-order chi connectivity index (χ0) is 21.2. The second-order valence-corrected chi connectivity index (χ2v) is 7.03. The lowest BCUT2D eigenvalue weighted by Gasteiger charge is -2.34. The van der Waals surface area contributed by atoms with Gasteiger partial charge in [0.2, 0.25) is 5.75 Å². The van der Waals surface area contributed by atoms with Gasteiger partial charge in [-0.1, -0.05) is 6.07 Å². The first-order valence-corrected chi connectivity index (χ1v) is 9.86. The maximum absolute atomic E-state index is 11.6. The van der Waals surface area contributed by atoms with Crippen molar-refractivity contribution in [1.82, 2.24) is 9.80 Å². The van der Waals surface area contributed by atoms with Gasteiger partial charge in [0.1, 0.15) is 12.4 Å². The van der Waals surface area contributed by atoms with Crippen molar-refractivity contribution in [1.29, 1.82) is 0 Å². The van der Waals surface area contributed by atoms with E-state index in [2.05, 4.69) is 9.80 Å². The molecule has 0 saturated carbocycles. The molecule has 1 aromatic carbocycles. The number of ketones is 1. The molecule has 2 rings (SSSR count). The Balaban J connectivity index is 1.79. The lowest BCUT2D eigenvalue weighted by molar-refractivity contribution is -0.145. The van der Waals surface area contributed by atoms with Gasteiger partial charge < -0.3 is 23.7 Å². The summed E-state index contributed by atoms with van der Waals surface area (Å²) < 4.78 is 21.6. The fraction of sp³-hybridized carbons (Fsp3) is 0.619. The van der Waals surface area contributed by atoms with Gasteiger partial charge >= 0.3 is 5.97 Å². The largest absolute Gasteiger partial charge is 0.493 e. The first-order valence-electron chi connectivity index (χ1n) is 9.86. The van der Waals surface area contributed by atoms with E-state index in [1.165, 1.54) is 6.92 Å². The molecule has 0 aromatic heterocycles. The van der Waals surface area contributed by atoms with Crippen LogP contribution in [0, 0.1) is 0 Å². The molecule has 0 atom stereocenters. The van der Waals surface area contributed by atoms with Crippen molar-refractivity contribution in [2.45, 2.75) is 26.3 Å². The lowest BCUT2D eigenvalue weighted by Crippen LogP contribution is -2.46. The molecule has 162 valence electrons. The number of carbonyl (C=O) groups excluding carboxylic acids is 2. The fourth-order valence-corrected chi connectivity index (χ4v) is 3.34. The molecule has 0 N–H and O–H groups in total. The molecule has 1 aromatic rings. The first-order chi connectivity index (χ1) is 14.0. The number of esters is 1. The molecule has 1 saturated heterocycles. The van der Waals surface area contributed by atoms with Crippen molar-refractivity contribution < 1.29 is 28.5 Å². The van der Waals surface area contributed by atoms with Crippen LogP contribution in [0.4, 0.5) is 0 Å². The molecular weight excluding hydrogens is 376 g/mol. The topological polar surface area (TPSA) is 77.5 Å². The summed E-state index contributed by atoms with van der Waals surface area (Å²) in [6.07, 6.45) is 0.410. The number of methoxy groups -OCH3 is 3. The monoisotopic (exact) mass is 408 g/mol. The van der Waals surface area contributed by atoms with Crippen molar-refractivity contribution in [3.05, 3.63) is 17.7 Å². The summed E-state index contributed by atoms with van der Waals surface area (Å²) in [7, 11) is 4.85. The number of nitrogens with zero attached hydrogens (tertiary/aromatic N) is 2. The molecule has 8 heteroatoms. The molecule has 1 aliphatic heterocycles. The van der Waals surface area contributed by atoms with E-state index in [4.69, 9.17) is 18.9 Å². The number of carbonyl (C=O) groups is 2. The molecular formula is C21H32N2O6. The zero-order valence-corrected chi connectivity index (χ0v) is 17.9. The van der Waals surface area contributed by atoms with E-state index in [0.29, 0.717) is 30.4 Å². The van der Waals surface area contributed by atoms with Gasteiger partial charge in [0.15, 0.2) is 11.5 Å². The molecule has 0 unspecified atom stereocenters. The fourth-order valence-electron chi connectivity index (χ4n) is 3.34. The molecule has 0 radical (unpaired) electrons. The number of ether oxygens (including phenoxy) is 4. The highest BCUT2D eigenvalue weighted by Gasteiger charge is 2.21. The standard InChI is InChI=1S/C21H32N2O6/c1-16(24)5-8-19(25)29-14-13-22-9-11-23(12-10-22)15-17-6-7-18(26-2)21(28-4)20(17)27-3/h6-7H,5,8-15H2,1-4H3. The van der Waals surface area contributed by atoms with Crippen molar-refractivity contribution in [3.63, 3.8) is 0 Å². The Hall–Kier alpha value is -2.32. The quantitative estimate of drug-likeness (QED) is 0.513. The first kappa shape index (κ1) is 23.0. The summed E-state index contributed by atoms with van der Waals surface area (Å²) in [4.78, 5) is 27.1. The normalized spacial score (nSPS) is 15.0. The SMILES string of the molecule is COc1ccc(CN2CCN(CCOC(=O)CCC(C)=O)CC2)c(OC)c1OC. The van der Waals surface area contributed by atoms with Crippen LogP contribution in [0.1, 0.15) is 25.3 Å². The van der Waals surface area contributed by atoms with E-state index in [9.17, 15) is 9.59 Å². The summed E-state index contributed by atoms with van der Waals surface area (Å²) in [5.41, 5.74) is 1.05. The zero-order valence-electron chi connectivity index (χ0n) is 17.9. The lowest BCUT2D eigenvalue weighted by atomic mass is 10.1. The van der Waals surface area contributed by atoms with Gasteiger partial charge in [0.05, 0.1) is 27.8 Å². The van der Waals surface area contributed by atoms with Crippen LogP contribution in [0.3, 0.4) is 0 Å². The van der Waals surface area contributed by atoms with Crippen LogP contribution in [-0.2, 0) is 20.9 Å². The average Bonchev–Trinajstić information content (AvgIpc) is 2.73. The van der Waals surface area contributed by atoms with E-state index in [1.807, 2.05) is 12.1 Å². The third-order valence-corrected chi connectivity index (χ3v) is 5.00. The van der Waals surface area contributed by atoms with Crippen molar-refractivity contribution in [3.8, 4) is 17.2 Å².